The lowest BCUT2D eigenvalue weighted by Crippen LogP contribution is -2.51. The molecule has 0 radical (unpaired) electrons. The normalized spacial score (nSPS) is 24.9. The molecule has 0 aromatic heterocycles. The van der Waals surface area contributed by atoms with E-state index in [4.69, 9.17) is 5.73 Å². The van der Waals surface area contributed by atoms with Gasteiger partial charge in [-0.15, -0.1) is 0 Å². The van der Waals surface area contributed by atoms with Gasteiger partial charge in [0.15, 0.2) is 0 Å². The minimum absolute atomic E-state index is 0.0807. The summed E-state index contributed by atoms with van der Waals surface area (Å²) < 4.78 is 0. The summed E-state index contributed by atoms with van der Waals surface area (Å²) in [6, 6.07) is 0. The van der Waals surface area contributed by atoms with Gasteiger partial charge in [-0.05, 0) is 18.3 Å². The van der Waals surface area contributed by atoms with Crippen molar-refractivity contribution in [1.29, 1.82) is 0 Å². The van der Waals surface area contributed by atoms with E-state index in [9.17, 15) is 0 Å². The van der Waals surface area contributed by atoms with Crippen LogP contribution in [0.2, 0.25) is 0 Å². The summed E-state index contributed by atoms with van der Waals surface area (Å²) in [7, 11) is 0. The third-order valence-corrected chi connectivity index (χ3v) is 3.99. The van der Waals surface area contributed by atoms with E-state index in [0.717, 1.165) is 0 Å². The van der Waals surface area contributed by atoms with Crippen LogP contribution in [0.25, 0.3) is 0 Å². The SMILES string of the molecule is CC(C)(C)C1(N)CCCCCCCC1. The Morgan fingerprint density at radius 3 is 1.50 bits per heavy atom. The zero-order valence-electron chi connectivity index (χ0n) is 10.2. The van der Waals surface area contributed by atoms with Crippen LogP contribution < -0.4 is 5.73 Å². The molecule has 0 spiro atoms. The zero-order chi connectivity index (χ0) is 10.7. The van der Waals surface area contributed by atoms with Crippen molar-refractivity contribution in [3.05, 3.63) is 0 Å². The maximum Gasteiger partial charge on any atom is 0.0203 e. The van der Waals surface area contributed by atoms with Gasteiger partial charge in [0.1, 0.15) is 0 Å². The van der Waals surface area contributed by atoms with E-state index in [1.165, 1.54) is 51.4 Å². The maximum absolute atomic E-state index is 6.58. The minimum atomic E-state index is 0.0807. The molecule has 84 valence electrons. The lowest BCUT2D eigenvalue weighted by atomic mass is 9.69. The Morgan fingerprint density at radius 1 is 0.786 bits per heavy atom. The fourth-order valence-electron chi connectivity index (χ4n) is 2.46. The van der Waals surface area contributed by atoms with Crippen LogP contribution in [0.1, 0.15) is 72.1 Å². The van der Waals surface area contributed by atoms with Crippen molar-refractivity contribution < 1.29 is 0 Å². The summed E-state index contributed by atoms with van der Waals surface area (Å²) in [5.41, 5.74) is 6.92. The second-order valence-electron chi connectivity index (χ2n) is 6.03. The first-order valence-electron chi connectivity index (χ1n) is 6.25. The van der Waals surface area contributed by atoms with Crippen molar-refractivity contribution in [3.63, 3.8) is 0 Å². The fourth-order valence-corrected chi connectivity index (χ4v) is 2.46. The van der Waals surface area contributed by atoms with Crippen LogP contribution in [0.3, 0.4) is 0 Å². The van der Waals surface area contributed by atoms with Crippen molar-refractivity contribution in [1.82, 2.24) is 0 Å². The van der Waals surface area contributed by atoms with Crippen molar-refractivity contribution in [2.45, 2.75) is 77.7 Å². The van der Waals surface area contributed by atoms with Gasteiger partial charge in [0.2, 0.25) is 0 Å². The average Bonchev–Trinajstić information content (AvgIpc) is 2.16. The molecule has 0 bridgehead atoms. The Kier molecular flexibility index (Phi) is 4.00. The second-order valence-corrected chi connectivity index (χ2v) is 6.03. The van der Waals surface area contributed by atoms with Crippen LogP contribution in [0.5, 0.6) is 0 Å². The quantitative estimate of drug-likeness (QED) is 0.627. The first-order chi connectivity index (χ1) is 6.46. The van der Waals surface area contributed by atoms with Gasteiger partial charge in [0.05, 0.1) is 0 Å². The van der Waals surface area contributed by atoms with Gasteiger partial charge in [-0.2, -0.15) is 0 Å². The zero-order valence-corrected chi connectivity index (χ0v) is 10.2. The van der Waals surface area contributed by atoms with Crippen LogP contribution in [0.4, 0.5) is 0 Å². The molecule has 0 aromatic rings. The molecule has 1 rings (SSSR count). The molecule has 0 aromatic carbocycles. The highest BCUT2D eigenvalue weighted by Crippen LogP contribution is 2.37. The molecule has 1 heteroatoms. The first-order valence-corrected chi connectivity index (χ1v) is 6.25. The molecule has 0 heterocycles. The molecule has 14 heavy (non-hydrogen) atoms. The van der Waals surface area contributed by atoms with E-state index in [1.54, 1.807) is 0 Å². The monoisotopic (exact) mass is 197 g/mol. The van der Waals surface area contributed by atoms with E-state index >= 15 is 0 Å². The lowest BCUT2D eigenvalue weighted by Gasteiger charge is -2.42. The predicted molar refractivity (Wildman–Crippen MR) is 63.3 cm³/mol. The summed E-state index contributed by atoms with van der Waals surface area (Å²) in [4.78, 5) is 0. The molecular weight excluding hydrogens is 170 g/mol. The van der Waals surface area contributed by atoms with Crippen LogP contribution in [-0.4, -0.2) is 5.54 Å². The molecule has 1 nitrogen and oxygen atoms in total. The summed E-state index contributed by atoms with van der Waals surface area (Å²) in [6.07, 6.45) is 10.7. The Bertz CT molecular complexity index is 157. The van der Waals surface area contributed by atoms with E-state index in [2.05, 4.69) is 20.8 Å². The Hall–Kier alpha value is -0.0400. The van der Waals surface area contributed by atoms with Gasteiger partial charge in [-0.1, -0.05) is 59.3 Å². The largest absolute Gasteiger partial charge is 0.325 e. The lowest BCUT2D eigenvalue weighted by molar-refractivity contribution is 0.156. The summed E-state index contributed by atoms with van der Waals surface area (Å²) >= 11 is 0. The molecule has 1 aliphatic carbocycles. The predicted octanol–water partition coefficient (Wildman–Crippen LogP) is 3.86. The molecular formula is C13H27N. The van der Waals surface area contributed by atoms with Crippen molar-refractivity contribution in [3.8, 4) is 0 Å². The van der Waals surface area contributed by atoms with Gasteiger partial charge in [0.25, 0.3) is 0 Å². The number of rotatable bonds is 0. The van der Waals surface area contributed by atoms with Crippen molar-refractivity contribution in [2.75, 3.05) is 0 Å². The van der Waals surface area contributed by atoms with Crippen molar-refractivity contribution in [2.24, 2.45) is 11.1 Å². The van der Waals surface area contributed by atoms with Gasteiger partial charge >= 0.3 is 0 Å². The Balaban J connectivity index is 2.62. The standard InChI is InChI=1S/C13H27N/c1-12(2,3)13(14)10-8-6-4-5-7-9-11-13/h4-11,14H2,1-3H3. The molecule has 0 unspecified atom stereocenters. The minimum Gasteiger partial charge on any atom is -0.325 e. The first kappa shape index (κ1) is 12.0. The Labute approximate surface area is 89.5 Å². The van der Waals surface area contributed by atoms with Crippen LogP contribution in [0, 0.1) is 5.41 Å². The molecule has 0 saturated heterocycles. The fraction of sp³-hybridized carbons (Fsp3) is 1.00. The second kappa shape index (κ2) is 4.65. The van der Waals surface area contributed by atoms with E-state index in [-0.39, 0.29) is 11.0 Å². The third-order valence-electron chi connectivity index (χ3n) is 3.99. The number of nitrogens with two attached hydrogens (primary N) is 1. The molecule has 0 atom stereocenters. The topological polar surface area (TPSA) is 26.0 Å². The van der Waals surface area contributed by atoms with E-state index in [1.807, 2.05) is 0 Å². The summed E-state index contributed by atoms with van der Waals surface area (Å²) in [5, 5.41) is 0. The smallest absolute Gasteiger partial charge is 0.0203 e. The Morgan fingerprint density at radius 2 is 1.14 bits per heavy atom. The van der Waals surface area contributed by atoms with Crippen LogP contribution in [0.15, 0.2) is 0 Å². The molecule has 1 aliphatic rings. The highest BCUT2D eigenvalue weighted by Gasteiger charge is 2.36. The third kappa shape index (κ3) is 2.98. The molecule has 0 aliphatic heterocycles. The van der Waals surface area contributed by atoms with Gasteiger partial charge < -0.3 is 5.73 Å². The average molecular weight is 197 g/mol. The van der Waals surface area contributed by atoms with Crippen molar-refractivity contribution >= 4 is 0 Å². The summed E-state index contributed by atoms with van der Waals surface area (Å²) in [6.45, 7) is 6.89. The van der Waals surface area contributed by atoms with E-state index < -0.39 is 0 Å². The molecule has 1 fully saturated rings. The molecule has 0 amide bonds. The van der Waals surface area contributed by atoms with Crippen LogP contribution >= 0.6 is 0 Å². The summed E-state index contributed by atoms with van der Waals surface area (Å²) in [5.74, 6) is 0. The molecule has 2 N–H and O–H groups in total. The highest BCUT2D eigenvalue weighted by molar-refractivity contribution is 4.95. The van der Waals surface area contributed by atoms with Crippen LogP contribution in [-0.2, 0) is 0 Å². The molecule has 1 saturated carbocycles. The van der Waals surface area contributed by atoms with E-state index in [0.29, 0.717) is 0 Å². The van der Waals surface area contributed by atoms with Gasteiger partial charge in [-0.3, -0.25) is 0 Å². The number of hydrogen-bond acceptors (Lipinski definition) is 1. The highest BCUT2D eigenvalue weighted by atomic mass is 14.8. The number of hydrogen-bond donors (Lipinski definition) is 1. The maximum atomic E-state index is 6.58. The van der Waals surface area contributed by atoms with Gasteiger partial charge in [-0.25, -0.2) is 0 Å². The van der Waals surface area contributed by atoms with Gasteiger partial charge in [0, 0.05) is 5.54 Å².